The van der Waals surface area contributed by atoms with Gasteiger partial charge in [0, 0.05) is 46.6 Å². The number of hydrogen-bond acceptors (Lipinski definition) is 6. The van der Waals surface area contributed by atoms with Crippen LogP contribution in [0.1, 0.15) is 79.0 Å². The average Bonchev–Trinajstić information content (AvgIpc) is 3.52. The van der Waals surface area contributed by atoms with Crippen molar-refractivity contribution < 1.29 is 59.0 Å². The topological polar surface area (TPSA) is 119 Å². The molecule has 2 bridgehead atoms. The fourth-order valence-corrected chi connectivity index (χ4v) is 8.41. The molecule has 7 rings (SSSR count). The minimum Gasteiger partial charge on any atom is -0.480 e. The molecule has 5 atom stereocenters. The molecule has 304 valence electrons. The number of alkyl carbamates (subject to hydrolysis) is 1. The second-order valence-corrected chi connectivity index (χ2v) is 15.0. The van der Waals surface area contributed by atoms with Crippen molar-refractivity contribution >= 4 is 23.6 Å². The van der Waals surface area contributed by atoms with Crippen LogP contribution in [0.2, 0.25) is 0 Å². The zero-order valence-electron chi connectivity index (χ0n) is 30.4. The minimum atomic E-state index is -5.06. The molecular weight excluding hydrogens is 768 g/mol. The largest absolute Gasteiger partial charge is 0.480 e. The number of benzene rings is 2. The van der Waals surface area contributed by atoms with Gasteiger partial charge in [-0.1, -0.05) is 30.6 Å². The predicted molar refractivity (Wildman–Crippen MR) is 189 cm³/mol. The molecule has 2 aromatic carbocycles. The lowest BCUT2D eigenvalue weighted by molar-refractivity contribution is -0.206. The van der Waals surface area contributed by atoms with Gasteiger partial charge in [-0.05, 0) is 86.8 Å². The van der Waals surface area contributed by atoms with Crippen LogP contribution in [0.4, 0.5) is 45.6 Å². The third kappa shape index (κ3) is 8.56. The van der Waals surface area contributed by atoms with Gasteiger partial charge < -0.3 is 25.4 Å². The van der Waals surface area contributed by atoms with Gasteiger partial charge in [0.05, 0.1) is 18.6 Å². The van der Waals surface area contributed by atoms with Gasteiger partial charge in [-0.15, -0.1) is 0 Å². The molecular formula is C40H38F8N4O5. The number of halogens is 8. The number of rotatable bonds is 10. The van der Waals surface area contributed by atoms with E-state index in [0.29, 0.717) is 37.8 Å². The molecule has 3 amide bonds. The molecule has 9 nitrogen and oxygen atoms in total. The van der Waals surface area contributed by atoms with Crippen LogP contribution in [0.3, 0.4) is 0 Å². The van der Waals surface area contributed by atoms with E-state index in [1.165, 1.54) is 13.2 Å². The van der Waals surface area contributed by atoms with Crippen LogP contribution in [-0.4, -0.2) is 48.3 Å². The van der Waals surface area contributed by atoms with Gasteiger partial charge >= 0.3 is 18.4 Å². The Morgan fingerprint density at radius 2 is 1.56 bits per heavy atom. The van der Waals surface area contributed by atoms with Crippen LogP contribution in [0.15, 0.2) is 60.3 Å². The Morgan fingerprint density at radius 1 is 0.860 bits per heavy atom. The summed E-state index contributed by atoms with van der Waals surface area (Å²) in [6.07, 6.45) is -4.53. The van der Waals surface area contributed by atoms with Gasteiger partial charge in [-0.3, -0.25) is 9.59 Å². The molecule has 1 heterocycles. The number of hydrogen-bond donors (Lipinski definition) is 3. The van der Waals surface area contributed by atoms with Gasteiger partial charge in [-0.2, -0.15) is 26.3 Å². The van der Waals surface area contributed by atoms with E-state index in [9.17, 15) is 45.1 Å². The van der Waals surface area contributed by atoms with E-state index in [-0.39, 0.29) is 46.5 Å². The van der Waals surface area contributed by atoms with Crippen LogP contribution in [0.25, 0.3) is 11.1 Å². The van der Waals surface area contributed by atoms with Crippen molar-refractivity contribution in [3.05, 3.63) is 88.6 Å². The van der Waals surface area contributed by atoms with Gasteiger partial charge in [0.1, 0.15) is 17.2 Å². The van der Waals surface area contributed by atoms with Crippen LogP contribution in [0.5, 0.6) is 5.88 Å². The molecule has 57 heavy (non-hydrogen) atoms. The van der Waals surface area contributed by atoms with E-state index in [2.05, 4.69) is 27.0 Å². The number of nitrogens with one attached hydrogen (secondary N) is 3. The highest BCUT2D eigenvalue weighted by Gasteiger charge is 2.55. The molecule has 4 aliphatic rings. The standard InChI is InChI=1S/C40H38F8N4O5/c1-56-37-28(16-21(18-49-37)26-15-20(6-12-30(26)41)34(40(46,47)48)57-38(55)51-22-7-8-22)35(53)52-33-25-11-10-24(27(25)14-19-4-2-3-5-19)32(33)36(54)50-23-9-13-31(42)29(17-23)39(43,44)45/h6,9,12-19,22,24-25,32-34H,2-5,7-8,10-11H2,1H3,(H,50,54)(H,51,55)(H,52,53)/b27-14-/t24-,25+,32-,33+,34-/m0/s1. The summed E-state index contributed by atoms with van der Waals surface area (Å²) in [6, 6.07) is 4.59. The number of anilines is 1. The van der Waals surface area contributed by atoms with E-state index in [1.807, 2.05) is 0 Å². The van der Waals surface area contributed by atoms with Crippen molar-refractivity contribution in [2.45, 2.75) is 81.9 Å². The maximum atomic E-state index is 15.3. The fraction of sp³-hybridized carbons (Fsp3) is 0.450. The summed E-state index contributed by atoms with van der Waals surface area (Å²) in [5.74, 6) is -5.57. The number of pyridine rings is 1. The highest BCUT2D eigenvalue weighted by atomic mass is 19.4. The molecule has 0 saturated heterocycles. The lowest BCUT2D eigenvalue weighted by atomic mass is 9.83. The Hall–Kier alpha value is -5.22. The van der Waals surface area contributed by atoms with Crippen LogP contribution in [0, 0.1) is 35.3 Å². The number of allylic oxidation sites excluding steroid dienone is 1. The van der Waals surface area contributed by atoms with Gasteiger partial charge in [0.2, 0.25) is 17.9 Å². The summed E-state index contributed by atoms with van der Waals surface area (Å²) in [6.45, 7) is 0. The Labute approximate surface area is 321 Å². The fourth-order valence-electron chi connectivity index (χ4n) is 8.41. The summed E-state index contributed by atoms with van der Waals surface area (Å²) >= 11 is 0. The maximum Gasteiger partial charge on any atom is 0.429 e. The number of amides is 3. The number of carbonyl (C=O) groups is 3. The van der Waals surface area contributed by atoms with Crippen molar-refractivity contribution in [3.63, 3.8) is 0 Å². The first-order valence-electron chi connectivity index (χ1n) is 18.6. The van der Waals surface area contributed by atoms with E-state index in [4.69, 9.17) is 9.47 Å². The first kappa shape index (κ1) is 40.0. The monoisotopic (exact) mass is 806 g/mol. The molecule has 0 spiro atoms. The van der Waals surface area contributed by atoms with Crippen molar-refractivity contribution in [1.29, 1.82) is 0 Å². The van der Waals surface area contributed by atoms with Crippen molar-refractivity contribution in [3.8, 4) is 17.0 Å². The summed E-state index contributed by atoms with van der Waals surface area (Å²) in [5.41, 5.74) is -2.23. The molecule has 3 aromatic rings. The Morgan fingerprint density at radius 3 is 2.23 bits per heavy atom. The zero-order chi connectivity index (χ0) is 40.8. The van der Waals surface area contributed by atoms with Crippen LogP contribution < -0.4 is 20.7 Å². The van der Waals surface area contributed by atoms with Crippen LogP contribution in [-0.2, 0) is 15.7 Å². The predicted octanol–water partition coefficient (Wildman–Crippen LogP) is 9.06. The van der Waals surface area contributed by atoms with Gasteiger partial charge in [-0.25, -0.2) is 18.6 Å². The highest BCUT2D eigenvalue weighted by Crippen LogP contribution is 2.54. The number of ether oxygens (including phenoxy) is 2. The SMILES string of the molecule is COc1ncc(-c2cc([C@H](OC(=O)NC3CC3)C(F)(F)F)ccc2F)cc1C(=O)N[C@H]1[C@@H](C(=O)Nc2ccc(F)c(C(F)(F)F)c2)[C@H]2CC[C@@H]1/C2=C\C1CCCC1. The second-order valence-electron chi connectivity index (χ2n) is 15.0. The molecule has 17 heteroatoms. The molecule has 0 unspecified atom stereocenters. The third-order valence-corrected chi connectivity index (χ3v) is 11.2. The normalized spacial score (nSPS) is 23.4. The van der Waals surface area contributed by atoms with E-state index >= 15 is 4.39 Å². The quantitative estimate of drug-likeness (QED) is 0.139. The molecule has 3 N–H and O–H groups in total. The molecule has 1 aromatic heterocycles. The average molecular weight is 807 g/mol. The molecule has 4 aliphatic carbocycles. The summed E-state index contributed by atoms with van der Waals surface area (Å²) in [4.78, 5) is 44.5. The number of nitrogens with zero attached hydrogens (tertiary/aromatic N) is 1. The number of methoxy groups -OCH3 is 1. The Balaban J connectivity index is 1.19. The first-order valence-corrected chi connectivity index (χ1v) is 18.6. The van der Waals surface area contributed by atoms with Crippen molar-refractivity contribution in [2.75, 3.05) is 12.4 Å². The van der Waals surface area contributed by atoms with Crippen molar-refractivity contribution in [2.24, 2.45) is 23.7 Å². The lowest BCUT2D eigenvalue weighted by Gasteiger charge is -2.30. The maximum absolute atomic E-state index is 15.3. The van der Waals surface area contributed by atoms with Crippen LogP contribution >= 0.6 is 0 Å². The molecule has 4 fully saturated rings. The lowest BCUT2D eigenvalue weighted by Crippen LogP contribution is -2.48. The Kier molecular flexibility index (Phi) is 11.0. The molecule has 0 radical (unpaired) electrons. The smallest absolute Gasteiger partial charge is 0.429 e. The molecule has 4 saturated carbocycles. The van der Waals surface area contributed by atoms with E-state index in [1.54, 1.807) is 0 Å². The van der Waals surface area contributed by atoms with E-state index in [0.717, 1.165) is 61.7 Å². The molecule has 0 aliphatic heterocycles. The number of aromatic nitrogens is 1. The minimum absolute atomic E-state index is 0.121. The first-order chi connectivity index (χ1) is 27.0. The third-order valence-electron chi connectivity index (χ3n) is 11.2. The van der Waals surface area contributed by atoms with E-state index < -0.39 is 76.6 Å². The van der Waals surface area contributed by atoms with Gasteiger partial charge in [0.15, 0.2) is 0 Å². The second kappa shape index (κ2) is 15.6. The zero-order valence-corrected chi connectivity index (χ0v) is 30.4. The van der Waals surface area contributed by atoms with Gasteiger partial charge in [0.25, 0.3) is 5.91 Å². The van der Waals surface area contributed by atoms with Crippen molar-refractivity contribution in [1.82, 2.24) is 15.6 Å². The number of fused-ring (bicyclic) bond motifs is 2. The number of carbonyl (C=O) groups excluding carboxylic acids is 3. The highest BCUT2D eigenvalue weighted by molar-refractivity contribution is 5.99. The summed E-state index contributed by atoms with van der Waals surface area (Å²) < 4.78 is 122. The number of alkyl halides is 6. The summed E-state index contributed by atoms with van der Waals surface area (Å²) in [5, 5.41) is 7.71. The summed E-state index contributed by atoms with van der Waals surface area (Å²) in [7, 11) is 1.21. The Bertz CT molecular complexity index is 2080.